The van der Waals surface area contributed by atoms with Crippen LogP contribution in [0.4, 0.5) is 11.4 Å². The number of para-hydroxylation sites is 1. The van der Waals surface area contributed by atoms with E-state index in [1.165, 1.54) is 0 Å². The van der Waals surface area contributed by atoms with E-state index in [9.17, 15) is 9.59 Å². The maximum atomic E-state index is 12.6. The van der Waals surface area contributed by atoms with E-state index in [-0.39, 0.29) is 24.4 Å². The highest BCUT2D eigenvalue weighted by Crippen LogP contribution is 2.23. The number of hydrogen-bond acceptors (Lipinski definition) is 3. The number of hydrogen-bond donors (Lipinski definition) is 3. The number of rotatable bonds is 6. The van der Waals surface area contributed by atoms with Gasteiger partial charge in [-0.1, -0.05) is 31.0 Å². The number of amides is 2. The van der Waals surface area contributed by atoms with Crippen molar-refractivity contribution >= 4 is 39.1 Å². The van der Waals surface area contributed by atoms with Gasteiger partial charge in [0, 0.05) is 16.2 Å². The summed E-state index contributed by atoms with van der Waals surface area (Å²) in [6.45, 7) is 2.12. The summed E-state index contributed by atoms with van der Waals surface area (Å²) in [5.41, 5.74) is 3.01. The molecule has 142 valence electrons. The highest BCUT2D eigenvalue weighted by Gasteiger charge is 2.20. The summed E-state index contributed by atoms with van der Waals surface area (Å²) in [6, 6.07) is 13.2. The average Bonchev–Trinajstić information content (AvgIpc) is 3.14. The van der Waals surface area contributed by atoms with Gasteiger partial charge >= 0.3 is 0 Å². The second-order valence-corrected chi connectivity index (χ2v) is 7.74. The summed E-state index contributed by atoms with van der Waals surface area (Å²) >= 11 is 3.49. The van der Waals surface area contributed by atoms with E-state index in [0.29, 0.717) is 11.3 Å². The Balaban J connectivity index is 1.61. The number of carbonyl (C=O) groups excluding carboxylic acids is 2. The molecule has 27 heavy (non-hydrogen) atoms. The van der Waals surface area contributed by atoms with E-state index in [1.54, 1.807) is 18.2 Å². The first-order valence-electron chi connectivity index (χ1n) is 9.22. The minimum Gasteiger partial charge on any atom is -0.375 e. The summed E-state index contributed by atoms with van der Waals surface area (Å²) in [5, 5.41) is 9.02. The summed E-state index contributed by atoms with van der Waals surface area (Å²) in [6.07, 6.45) is 4.36. The Morgan fingerprint density at radius 3 is 2.56 bits per heavy atom. The fourth-order valence-corrected chi connectivity index (χ4v) is 3.89. The van der Waals surface area contributed by atoms with Crippen LogP contribution >= 0.6 is 15.9 Å². The molecular formula is C21H24BrN3O2. The minimum atomic E-state index is -0.205. The molecule has 0 aromatic heterocycles. The van der Waals surface area contributed by atoms with Gasteiger partial charge in [-0.25, -0.2) is 0 Å². The van der Waals surface area contributed by atoms with Crippen molar-refractivity contribution < 1.29 is 9.59 Å². The van der Waals surface area contributed by atoms with Gasteiger partial charge in [0.25, 0.3) is 5.91 Å². The van der Waals surface area contributed by atoms with Gasteiger partial charge in [0.05, 0.1) is 17.8 Å². The van der Waals surface area contributed by atoms with E-state index < -0.39 is 0 Å². The second kappa shape index (κ2) is 9.04. The van der Waals surface area contributed by atoms with E-state index in [4.69, 9.17) is 0 Å². The van der Waals surface area contributed by atoms with Gasteiger partial charge in [0.2, 0.25) is 5.91 Å². The number of carbonyl (C=O) groups is 2. The lowest BCUT2D eigenvalue weighted by Crippen LogP contribution is -2.33. The first-order chi connectivity index (χ1) is 13.0. The van der Waals surface area contributed by atoms with Crippen molar-refractivity contribution in [3.05, 3.63) is 58.1 Å². The molecule has 6 heteroatoms. The summed E-state index contributed by atoms with van der Waals surface area (Å²) in [7, 11) is 0. The van der Waals surface area contributed by atoms with Crippen LogP contribution in [0.1, 0.15) is 41.6 Å². The molecule has 5 nitrogen and oxygen atoms in total. The zero-order valence-corrected chi connectivity index (χ0v) is 16.9. The van der Waals surface area contributed by atoms with Gasteiger partial charge in [-0.15, -0.1) is 0 Å². The van der Waals surface area contributed by atoms with E-state index >= 15 is 0 Å². The highest BCUT2D eigenvalue weighted by molar-refractivity contribution is 9.10. The van der Waals surface area contributed by atoms with E-state index in [0.717, 1.165) is 41.4 Å². The Morgan fingerprint density at radius 2 is 1.81 bits per heavy atom. The first kappa shape index (κ1) is 19.4. The molecule has 2 aromatic rings. The molecule has 0 heterocycles. The van der Waals surface area contributed by atoms with Crippen LogP contribution in [0.3, 0.4) is 0 Å². The molecule has 1 aliphatic rings. The number of halogens is 1. The number of anilines is 2. The van der Waals surface area contributed by atoms with Crippen molar-refractivity contribution in [3.63, 3.8) is 0 Å². The minimum absolute atomic E-state index is 0.111. The van der Waals surface area contributed by atoms with Crippen LogP contribution in [0.5, 0.6) is 0 Å². The lowest BCUT2D eigenvalue weighted by Gasteiger charge is -2.15. The number of nitrogens with one attached hydrogen (secondary N) is 3. The summed E-state index contributed by atoms with van der Waals surface area (Å²) in [4.78, 5) is 24.9. The third-order valence-corrected chi connectivity index (χ3v) is 5.36. The molecule has 0 saturated heterocycles. The monoisotopic (exact) mass is 429 g/mol. The SMILES string of the molecule is Cc1ccc(NCC(=O)Nc2ccccc2C(=O)NC2CCCC2)c(Br)c1. The molecular weight excluding hydrogens is 406 g/mol. The second-order valence-electron chi connectivity index (χ2n) is 6.89. The third kappa shape index (κ3) is 5.32. The van der Waals surface area contributed by atoms with Crippen molar-refractivity contribution in [2.75, 3.05) is 17.2 Å². The van der Waals surface area contributed by atoms with Gasteiger partial charge in [-0.2, -0.15) is 0 Å². The van der Waals surface area contributed by atoms with Gasteiger partial charge in [0.15, 0.2) is 0 Å². The van der Waals surface area contributed by atoms with Crippen LogP contribution in [0.15, 0.2) is 46.9 Å². The smallest absolute Gasteiger partial charge is 0.253 e. The zero-order chi connectivity index (χ0) is 19.2. The van der Waals surface area contributed by atoms with Crippen LogP contribution in [0.2, 0.25) is 0 Å². The van der Waals surface area contributed by atoms with Crippen LogP contribution < -0.4 is 16.0 Å². The predicted molar refractivity (Wildman–Crippen MR) is 112 cm³/mol. The van der Waals surface area contributed by atoms with E-state index in [2.05, 4.69) is 31.9 Å². The first-order valence-corrected chi connectivity index (χ1v) is 10.0. The molecule has 0 unspecified atom stereocenters. The molecule has 0 bridgehead atoms. The Bertz CT molecular complexity index is 832. The van der Waals surface area contributed by atoms with Crippen molar-refractivity contribution in [3.8, 4) is 0 Å². The maximum Gasteiger partial charge on any atom is 0.253 e. The Kier molecular flexibility index (Phi) is 6.50. The Morgan fingerprint density at radius 1 is 1.07 bits per heavy atom. The molecule has 1 saturated carbocycles. The van der Waals surface area contributed by atoms with Gasteiger partial charge in [0.1, 0.15) is 0 Å². The van der Waals surface area contributed by atoms with Crippen LogP contribution in [-0.4, -0.2) is 24.4 Å². The largest absolute Gasteiger partial charge is 0.375 e. The van der Waals surface area contributed by atoms with E-state index in [1.807, 2.05) is 31.2 Å². The topological polar surface area (TPSA) is 70.2 Å². The van der Waals surface area contributed by atoms with Crippen LogP contribution in [0, 0.1) is 6.92 Å². The van der Waals surface area contributed by atoms with Gasteiger partial charge < -0.3 is 16.0 Å². The van der Waals surface area contributed by atoms with Crippen LogP contribution in [-0.2, 0) is 4.79 Å². The zero-order valence-electron chi connectivity index (χ0n) is 15.3. The molecule has 1 fully saturated rings. The average molecular weight is 430 g/mol. The molecule has 1 aliphatic carbocycles. The Hall–Kier alpha value is -2.34. The normalized spacial score (nSPS) is 14.0. The molecule has 3 N–H and O–H groups in total. The maximum absolute atomic E-state index is 12.6. The Labute approximate surface area is 168 Å². The van der Waals surface area contributed by atoms with Crippen molar-refractivity contribution in [1.82, 2.24) is 5.32 Å². The summed E-state index contributed by atoms with van der Waals surface area (Å²) in [5.74, 6) is -0.337. The molecule has 0 spiro atoms. The number of benzene rings is 2. The molecule has 0 aliphatic heterocycles. The lowest BCUT2D eigenvalue weighted by atomic mass is 10.1. The molecule has 2 amide bonds. The van der Waals surface area contributed by atoms with Gasteiger partial charge in [-0.05, 0) is 65.5 Å². The fraction of sp³-hybridized carbons (Fsp3) is 0.333. The third-order valence-electron chi connectivity index (χ3n) is 4.70. The quantitative estimate of drug-likeness (QED) is 0.633. The predicted octanol–water partition coefficient (Wildman–Crippen LogP) is 4.48. The van der Waals surface area contributed by atoms with Crippen molar-refractivity contribution in [2.24, 2.45) is 0 Å². The number of aryl methyl sites for hydroxylation is 1. The molecule has 0 atom stereocenters. The standard InChI is InChI=1S/C21H24BrN3O2/c1-14-10-11-19(17(22)12-14)23-13-20(26)25-18-9-5-4-8-16(18)21(27)24-15-6-2-3-7-15/h4-5,8-12,15,23H,2-3,6-7,13H2,1H3,(H,24,27)(H,25,26). The molecule has 0 radical (unpaired) electrons. The van der Waals surface area contributed by atoms with Gasteiger partial charge in [-0.3, -0.25) is 9.59 Å². The lowest BCUT2D eigenvalue weighted by molar-refractivity contribution is -0.114. The summed E-state index contributed by atoms with van der Waals surface area (Å²) < 4.78 is 0.909. The fourth-order valence-electron chi connectivity index (χ4n) is 3.26. The molecule has 3 rings (SSSR count). The van der Waals surface area contributed by atoms with Crippen molar-refractivity contribution in [2.45, 2.75) is 38.6 Å². The molecule has 2 aromatic carbocycles. The highest BCUT2D eigenvalue weighted by atomic mass is 79.9. The van der Waals surface area contributed by atoms with Crippen LogP contribution in [0.25, 0.3) is 0 Å². The van der Waals surface area contributed by atoms with Crippen molar-refractivity contribution in [1.29, 1.82) is 0 Å².